The number of fused-ring (bicyclic) bond motifs is 8. The van der Waals surface area contributed by atoms with Crippen LogP contribution in [0.25, 0.3) is 99.8 Å². The zero-order valence-electron chi connectivity index (χ0n) is 32.2. The van der Waals surface area contributed by atoms with Gasteiger partial charge in [0.2, 0.25) is 5.89 Å². The molecule has 0 saturated heterocycles. The van der Waals surface area contributed by atoms with E-state index in [-0.39, 0.29) is 0 Å². The molecule has 0 radical (unpaired) electrons. The van der Waals surface area contributed by atoms with E-state index in [1.807, 2.05) is 60.7 Å². The molecule has 0 aliphatic carbocycles. The molecule has 0 unspecified atom stereocenters. The van der Waals surface area contributed by atoms with Crippen LogP contribution in [0.1, 0.15) is 0 Å². The molecule has 0 aliphatic rings. The van der Waals surface area contributed by atoms with Crippen LogP contribution in [-0.2, 0) is 0 Å². The summed E-state index contributed by atoms with van der Waals surface area (Å²) in [6, 6.07) is 71.8. The molecule has 3 heterocycles. The molecular weight excluding hydrogens is 737 g/mol. The molecule has 0 amide bonds. The third kappa shape index (κ3) is 5.67. The molecule has 282 valence electrons. The van der Waals surface area contributed by atoms with Gasteiger partial charge in [-0.3, -0.25) is 0 Å². The van der Waals surface area contributed by atoms with Gasteiger partial charge in [-0.1, -0.05) is 127 Å². The van der Waals surface area contributed by atoms with Crippen LogP contribution in [0.5, 0.6) is 0 Å². The normalized spacial score (nSPS) is 11.7. The standard InChI is InChI=1S/C55H34N2O3/c1-3-11-35(12-4-1)39-15-9-16-43(33-39)57(42-28-23-37(24-29-42)44-18-10-19-46-45-17-7-8-20-49(45)59-53(44)46)41-26-21-36(22-27-41)40-25-31-50-47(34-40)52-51(58-50)32-30-48-54(52)60-55(56-48)38-13-5-2-6-14-38/h1-34H. The third-order valence-electron chi connectivity index (χ3n) is 11.5. The molecule has 3 aromatic heterocycles. The number of hydrogen-bond donors (Lipinski definition) is 0. The Balaban J connectivity index is 0.939. The van der Waals surface area contributed by atoms with Gasteiger partial charge in [-0.25, -0.2) is 4.98 Å². The SMILES string of the molecule is c1ccc(-c2cccc(N(c3ccc(-c4ccc5oc6ccc7nc(-c8ccccc8)oc7c6c5c4)cc3)c3ccc(-c4cccc5c4oc4ccccc45)cc3)c2)cc1. The summed E-state index contributed by atoms with van der Waals surface area (Å²) < 4.78 is 19.2. The lowest BCUT2D eigenvalue weighted by Gasteiger charge is -2.26. The number of rotatable bonds is 7. The summed E-state index contributed by atoms with van der Waals surface area (Å²) in [5.41, 5.74) is 15.7. The van der Waals surface area contributed by atoms with Crippen LogP contribution in [0, 0.1) is 0 Å². The molecule has 0 bridgehead atoms. The van der Waals surface area contributed by atoms with Crippen LogP contribution in [0.4, 0.5) is 17.1 Å². The lowest BCUT2D eigenvalue weighted by molar-refractivity contribution is 0.622. The highest BCUT2D eigenvalue weighted by molar-refractivity contribution is 6.17. The Morgan fingerprint density at radius 1 is 0.333 bits per heavy atom. The Hall–Kier alpha value is -8.15. The van der Waals surface area contributed by atoms with Gasteiger partial charge in [-0.2, -0.15) is 0 Å². The van der Waals surface area contributed by atoms with Crippen molar-refractivity contribution in [3.8, 4) is 44.8 Å². The first kappa shape index (κ1) is 33.9. The molecule has 5 heteroatoms. The van der Waals surface area contributed by atoms with E-state index in [0.717, 1.165) is 105 Å². The molecule has 12 rings (SSSR count). The smallest absolute Gasteiger partial charge is 0.227 e. The monoisotopic (exact) mass is 770 g/mol. The maximum absolute atomic E-state index is 6.42. The number of hydrogen-bond acceptors (Lipinski definition) is 5. The summed E-state index contributed by atoms with van der Waals surface area (Å²) in [5.74, 6) is 0.594. The Bertz CT molecular complexity index is 3530. The lowest BCUT2D eigenvalue weighted by atomic mass is 10.0. The maximum Gasteiger partial charge on any atom is 0.227 e. The fraction of sp³-hybridized carbons (Fsp3) is 0. The first-order chi connectivity index (χ1) is 29.7. The molecule has 12 aromatic rings. The molecule has 0 fully saturated rings. The minimum absolute atomic E-state index is 0.594. The average molecular weight is 771 g/mol. The largest absolute Gasteiger partial charge is 0.456 e. The van der Waals surface area contributed by atoms with Crippen LogP contribution in [0.15, 0.2) is 220 Å². The van der Waals surface area contributed by atoms with Gasteiger partial charge in [-0.05, 0) is 107 Å². The Kier molecular flexibility index (Phi) is 7.78. The minimum atomic E-state index is 0.594. The van der Waals surface area contributed by atoms with Crippen molar-refractivity contribution in [1.82, 2.24) is 4.98 Å². The van der Waals surface area contributed by atoms with E-state index >= 15 is 0 Å². The molecule has 60 heavy (non-hydrogen) atoms. The van der Waals surface area contributed by atoms with Gasteiger partial charge in [0.1, 0.15) is 27.8 Å². The molecule has 0 saturated carbocycles. The van der Waals surface area contributed by atoms with Gasteiger partial charge in [-0.15, -0.1) is 0 Å². The van der Waals surface area contributed by atoms with Crippen LogP contribution < -0.4 is 4.90 Å². The second-order valence-electron chi connectivity index (χ2n) is 15.1. The van der Waals surface area contributed by atoms with Crippen molar-refractivity contribution < 1.29 is 13.3 Å². The van der Waals surface area contributed by atoms with Crippen LogP contribution >= 0.6 is 0 Å². The lowest BCUT2D eigenvalue weighted by Crippen LogP contribution is -2.10. The van der Waals surface area contributed by atoms with E-state index in [2.05, 4.69) is 150 Å². The Morgan fingerprint density at radius 2 is 0.933 bits per heavy atom. The number of oxazole rings is 1. The van der Waals surface area contributed by atoms with Gasteiger partial charge in [0.05, 0.1) is 5.39 Å². The number of nitrogens with zero attached hydrogens (tertiary/aromatic N) is 2. The topological polar surface area (TPSA) is 55.6 Å². The Labute approximate surface area is 345 Å². The van der Waals surface area contributed by atoms with E-state index in [1.54, 1.807) is 0 Å². The van der Waals surface area contributed by atoms with Gasteiger partial charge >= 0.3 is 0 Å². The molecule has 9 aromatic carbocycles. The minimum Gasteiger partial charge on any atom is -0.456 e. The van der Waals surface area contributed by atoms with E-state index in [4.69, 9.17) is 18.2 Å². The van der Waals surface area contributed by atoms with Crippen LogP contribution in [0.3, 0.4) is 0 Å². The van der Waals surface area contributed by atoms with Gasteiger partial charge in [0, 0.05) is 44.3 Å². The summed E-state index contributed by atoms with van der Waals surface area (Å²) >= 11 is 0. The van der Waals surface area contributed by atoms with Gasteiger partial charge < -0.3 is 18.2 Å². The second kappa shape index (κ2) is 13.8. The Morgan fingerprint density at radius 3 is 1.73 bits per heavy atom. The van der Waals surface area contributed by atoms with E-state index in [1.165, 1.54) is 5.56 Å². The zero-order chi connectivity index (χ0) is 39.6. The number of aromatic nitrogens is 1. The highest BCUT2D eigenvalue weighted by Gasteiger charge is 2.19. The van der Waals surface area contributed by atoms with Gasteiger partial charge in [0.15, 0.2) is 5.58 Å². The fourth-order valence-corrected chi connectivity index (χ4v) is 8.60. The van der Waals surface area contributed by atoms with E-state index in [9.17, 15) is 0 Å². The first-order valence-electron chi connectivity index (χ1n) is 20.1. The molecule has 5 nitrogen and oxygen atoms in total. The maximum atomic E-state index is 6.42. The summed E-state index contributed by atoms with van der Waals surface area (Å²) in [5, 5.41) is 4.17. The average Bonchev–Trinajstić information content (AvgIpc) is 4.04. The first-order valence-corrected chi connectivity index (χ1v) is 20.1. The number of benzene rings is 9. The van der Waals surface area contributed by atoms with Crippen LogP contribution in [0.2, 0.25) is 0 Å². The molecule has 0 N–H and O–H groups in total. The van der Waals surface area contributed by atoms with E-state index < -0.39 is 0 Å². The highest BCUT2D eigenvalue weighted by Crippen LogP contribution is 2.42. The zero-order valence-corrected chi connectivity index (χ0v) is 32.2. The van der Waals surface area contributed by atoms with Crippen molar-refractivity contribution in [3.05, 3.63) is 206 Å². The molecule has 0 spiro atoms. The summed E-state index contributed by atoms with van der Waals surface area (Å²) in [4.78, 5) is 7.14. The second-order valence-corrected chi connectivity index (χ2v) is 15.1. The van der Waals surface area contributed by atoms with Gasteiger partial charge in [0.25, 0.3) is 0 Å². The predicted molar refractivity (Wildman–Crippen MR) is 245 cm³/mol. The summed E-state index contributed by atoms with van der Waals surface area (Å²) in [7, 11) is 0. The van der Waals surface area contributed by atoms with Crippen molar-refractivity contribution in [2.75, 3.05) is 4.90 Å². The molecular formula is C55H34N2O3. The summed E-state index contributed by atoms with van der Waals surface area (Å²) in [6.45, 7) is 0. The summed E-state index contributed by atoms with van der Waals surface area (Å²) in [6.07, 6.45) is 0. The van der Waals surface area contributed by atoms with Crippen molar-refractivity contribution in [1.29, 1.82) is 0 Å². The predicted octanol–water partition coefficient (Wildman–Crippen LogP) is 15.8. The quantitative estimate of drug-likeness (QED) is 0.162. The molecule has 0 aliphatic heterocycles. The molecule has 0 atom stereocenters. The van der Waals surface area contributed by atoms with Crippen molar-refractivity contribution in [2.24, 2.45) is 0 Å². The number of furan rings is 2. The fourth-order valence-electron chi connectivity index (χ4n) is 8.60. The number of para-hydroxylation sites is 2. The van der Waals surface area contributed by atoms with Crippen molar-refractivity contribution in [2.45, 2.75) is 0 Å². The third-order valence-corrected chi connectivity index (χ3v) is 11.5. The van der Waals surface area contributed by atoms with Crippen molar-refractivity contribution >= 4 is 72.0 Å². The van der Waals surface area contributed by atoms with Crippen molar-refractivity contribution in [3.63, 3.8) is 0 Å². The van der Waals surface area contributed by atoms with E-state index in [0.29, 0.717) is 5.89 Å². The highest BCUT2D eigenvalue weighted by atomic mass is 16.4. The number of anilines is 3. The van der Waals surface area contributed by atoms with Crippen LogP contribution in [-0.4, -0.2) is 4.98 Å².